The Bertz CT molecular complexity index is 724. The van der Waals surface area contributed by atoms with Crippen LogP contribution in [0.25, 0.3) is 0 Å². The Balaban J connectivity index is 0.000000957. The van der Waals surface area contributed by atoms with Crippen molar-refractivity contribution < 1.29 is 57.2 Å². The average molecular weight is 918 g/mol. The molecule has 12 nitrogen and oxygen atoms in total. The number of rotatable bonds is 42. The van der Waals surface area contributed by atoms with Crippen LogP contribution >= 0.6 is 15.9 Å². The Kier molecular flexibility index (Phi) is 54.1. The molecule has 0 aromatic heterocycles. The number of halogens is 1. The molecule has 2 fully saturated rings. The fourth-order valence-electron chi connectivity index (χ4n) is 6.31. The molecule has 356 valence electrons. The van der Waals surface area contributed by atoms with Gasteiger partial charge in [-0.1, -0.05) is 106 Å². The van der Waals surface area contributed by atoms with Crippen LogP contribution in [0.1, 0.15) is 154 Å². The first kappa shape index (κ1) is 59.0. The Hall–Kier alpha value is 0.0000000000000000416. The van der Waals surface area contributed by atoms with Crippen molar-refractivity contribution in [2.75, 3.05) is 132 Å². The van der Waals surface area contributed by atoms with Crippen LogP contribution in [0.3, 0.4) is 0 Å². The number of hydrogen-bond donors (Lipinski definition) is 1. The van der Waals surface area contributed by atoms with Crippen molar-refractivity contribution in [1.82, 2.24) is 0 Å². The zero-order valence-corrected chi connectivity index (χ0v) is 39.8. The van der Waals surface area contributed by atoms with E-state index in [2.05, 4.69) is 15.9 Å². The minimum absolute atomic E-state index is 0.0675. The van der Waals surface area contributed by atoms with Crippen molar-refractivity contribution in [3.8, 4) is 0 Å². The molecule has 0 aromatic carbocycles. The summed E-state index contributed by atoms with van der Waals surface area (Å²) in [6, 6.07) is 0. The van der Waals surface area contributed by atoms with E-state index >= 15 is 0 Å². The highest BCUT2D eigenvalue weighted by Crippen LogP contribution is 2.16. The van der Waals surface area contributed by atoms with E-state index in [4.69, 9.17) is 57.2 Å². The number of methoxy groups -OCH3 is 2. The summed E-state index contributed by atoms with van der Waals surface area (Å²) >= 11 is 3.48. The lowest BCUT2D eigenvalue weighted by Crippen LogP contribution is -2.22. The minimum Gasteiger partial charge on any atom is -0.394 e. The standard InChI is InChI=1S/C23H46O6.C16H31BrO2.C7H16O4/c1-24-17-18-26-21-22-27-20-19-25-14-10-7-5-3-2-4-6-8-11-15-28-23-13-9-12-16-29-23;17-13-9-6-4-2-1-3-5-7-10-14-18-16-12-8-11-15-19-16;1-9-4-5-11-7-6-10-3-2-8/h23H,2-22H2,1H3;16H,1-15H2;8H,2-7H2,1H3. The zero-order chi connectivity index (χ0) is 42.6. The monoisotopic (exact) mass is 917 g/mol. The fourth-order valence-corrected chi connectivity index (χ4v) is 6.70. The Morgan fingerprint density at radius 1 is 0.390 bits per heavy atom. The largest absolute Gasteiger partial charge is 0.394 e. The van der Waals surface area contributed by atoms with Gasteiger partial charge in [0.15, 0.2) is 12.6 Å². The molecular formula is C46H93BrO12. The lowest BCUT2D eigenvalue weighted by molar-refractivity contribution is -0.163. The third-order valence-electron chi connectivity index (χ3n) is 9.81. The van der Waals surface area contributed by atoms with E-state index in [-0.39, 0.29) is 19.2 Å². The molecule has 59 heavy (non-hydrogen) atoms. The van der Waals surface area contributed by atoms with Crippen LogP contribution < -0.4 is 0 Å². The van der Waals surface area contributed by atoms with Gasteiger partial charge in [0.05, 0.1) is 79.3 Å². The Morgan fingerprint density at radius 3 is 1.05 bits per heavy atom. The van der Waals surface area contributed by atoms with Gasteiger partial charge in [0.25, 0.3) is 0 Å². The van der Waals surface area contributed by atoms with Gasteiger partial charge in [-0.05, 0) is 64.2 Å². The van der Waals surface area contributed by atoms with Gasteiger partial charge >= 0.3 is 0 Å². The van der Waals surface area contributed by atoms with Crippen molar-refractivity contribution in [3.05, 3.63) is 0 Å². The molecule has 0 amide bonds. The summed E-state index contributed by atoms with van der Waals surface area (Å²) in [5.41, 5.74) is 0. The van der Waals surface area contributed by atoms with Gasteiger partial charge in [-0.15, -0.1) is 0 Å². The van der Waals surface area contributed by atoms with Gasteiger partial charge in [0.2, 0.25) is 0 Å². The highest BCUT2D eigenvalue weighted by atomic mass is 79.9. The lowest BCUT2D eigenvalue weighted by Gasteiger charge is -2.22. The second-order valence-corrected chi connectivity index (χ2v) is 16.0. The molecule has 0 saturated carbocycles. The third kappa shape index (κ3) is 50.5. The van der Waals surface area contributed by atoms with Crippen LogP contribution in [0.2, 0.25) is 0 Å². The van der Waals surface area contributed by atoms with E-state index < -0.39 is 0 Å². The molecular weight excluding hydrogens is 824 g/mol. The lowest BCUT2D eigenvalue weighted by atomic mass is 10.1. The Morgan fingerprint density at radius 2 is 0.712 bits per heavy atom. The quantitative estimate of drug-likeness (QED) is 0.0464. The average Bonchev–Trinajstić information content (AvgIpc) is 3.27. The summed E-state index contributed by atoms with van der Waals surface area (Å²) in [6.07, 6.45) is 31.1. The molecule has 0 spiro atoms. The summed E-state index contributed by atoms with van der Waals surface area (Å²) < 4.78 is 58.7. The molecule has 0 radical (unpaired) electrons. The molecule has 2 aliphatic rings. The smallest absolute Gasteiger partial charge is 0.157 e. The first-order valence-corrected chi connectivity index (χ1v) is 24.9. The molecule has 0 bridgehead atoms. The number of unbranched alkanes of at least 4 members (excludes halogenated alkanes) is 16. The van der Waals surface area contributed by atoms with Crippen molar-refractivity contribution in [2.45, 2.75) is 167 Å². The fraction of sp³-hybridized carbons (Fsp3) is 1.00. The van der Waals surface area contributed by atoms with Crippen LogP contribution in [-0.4, -0.2) is 150 Å². The molecule has 2 atom stereocenters. The minimum atomic E-state index is 0.0675. The van der Waals surface area contributed by atoms with Crippen LogP contribution in [0.5, 0.6) is 0 Å². The highest BCUT2D eigenvalue weighted by Gasteiger charge is 2.14. The maximum atomic E-state index is 8.32. The predicted molar refractivity (Wildman–Crippen MR) is 241 cm³/mol. The molecule has 1 N–H and O–H groups in total. The van der Waals surface area contributed by atoms with Gasteiger partial charge in [-0.3, -0.25) is 0 Å². The van der Waals surface area contributed by atoms with Gasteiger partial charge in [0, 0.05) is 52.6 Å². The van der Waals surface area contributed by atoms with Gasteiger partial charge in [0.1, 0.15) is 0 Å². The van der Waals surface area contributed by atoms with Gasteiger partial charge < -0.3 is 57.2 Å². The summed E-state index contributed by atoms with van der Waals surface area (Å²) in [4.78, 5) is 0. The summed E-state index contributed by atoms with van der Waals surface area (Å²) in [5.74, 6) is 0. The summed E-state index contributed by atoms with van der Waals surface area (Å²) in [7, 11) is 3.30. The Labute approximate surface area is 370 Å². The zero-order valence-electron chi connectivity index (χ0n) is 38.2. The molecule has 2 saturated heterocycles. The van der Waals surface area contributed by atoms with E-state index in [1.54, 1.807) is 14.2 Å². The number of hydrogen-bond acceptors (Lipinski definition) is 12. The van der Waals surface area contributed by atoms with Gasteiger partial charge in [-0.2, -0.15) is 0 Å². The normalized spacial score (nSPS) is 16.7. The third-order valence-corrected chi connectivity index (χ3v) is 10.4. The number of aliphatic hydroxyl groups is 1. The van der Waals surface area contributed by atoms with E-state index in [0.29, 0.717) is 72.7 Å². The van der Waals surface area contributed by atoms with E-state index in [1.165, 1.54) is 135 Å². The summed E-state index contributed by atoms with van der Waals surface area (Å²) in [5, 5.41) is 9.49. The van der Waals surface area contributed by atoms with Crippen molar-refractivity contribution in [2.24, 2.45) is 0 Å². The molecule has 2 aliphatic heterocycles. The van der Waals surface area contributed by atoms with E-state index in [9.17, 15) is 0 Å². The van der Waals surface area contributed by atoms with Gasteiger partial charge in [-0.25, -0.2) is 0 Å². The van der Waals surface area contributed by atoms with Crippen LogP contribution in [-0.2, 0) is 52.1 Å². The highest BCUT2D eigenvalue weighted by molar-refractivity contribution is 9.09. The van der Waals surface area contributed by atoms with Crippen molar-refractivity contribution in [3.63, 3.8) is 0 Å². The molecule has 2 rings (SSSR count). The van der Waals surface area contributed by atoms with E-state index in [0.717, 1.165) is 57.6 Å². The van der Waals surface area contributed by atoms with Crippen molar-refractivity contribution in [1.29, 1.82) is 0 Å². The molecule has 13 heteroatoms. The van der Waals surface area contributed by atoms with Crippen LogP contribution in [0.4, 0.5) is 0 Å². The number of alkyl halides is 1. The van der Waals surface area contributed by atoms with Crippen LogP contribution in [0.15, 0.2) is 0 Å². The van der Waals surface area contributed by atoms with E-state index in [1.807, 2.05) is 0 Å². The topological polar surface area (TPSA) is 122 Å². The maximum Gasteiger partial charge on any atom is 0.157 e. The first-order chi connectivity index (χ1) is 29.3. The molecule has 2 heterocycles. The second-order valence-electron chi connectivity index (χ2n) is 15.2. The van der Waals surface area contributed by atoms with Crippen molar-refractivity contribution >= 4 is 15.9 Å². The number of aliphatic hydroxyl groups excluding tert-OH is 1. The maximum absolute atomic E-state index is 8.32. The SMILES string of the molecule is BrCCCCCCCCCCCOC1CCCCO1.COCCOCCOCCO.COCCOCCOCCOCCCCCCCCCCCOC1CCCCO1. The number of ether oxygens (including phenoxy) is 11. The molecule has 0 aromatic rings. The summed E-state index contributed by atoms with van der Waals surface area (Å²) in [6.45, 7) is 10.9. The van der Waals surface area contributed by atoms with Crippen LogP contribution in [0, 0.1) is 0 Å². The first-order valence-electron chi connectivity index (χ1n) is 23.8. The molecule has 2 unspecified atom stereocenters. The molecule has 0 aliphatic carbocycles. The predicted octanol–water partition coefficient (Wildman–Crippen LogP) is 9.83. The second kappa shape index (κ2) is 54.1.